The number of hydrogen-bond acceptors (Lipinski definition) is 4. The summed E-state index contributed by atoms with van der Waals surface area (Å²) in [6.45, 7) is 4.15. The zero-order valence-corrected chi connectivity index (χ0v) is 19.2. The summed E-state index contributed by atoms with van der Waals surface area (Å²) in [5.41, 5.74) is 3.86. The van der Waals surface area contributed by atoms with E-state index in [-0.39, 0.29) is 5.25 Å². The van der Waals surface area contributed by atoms with Gasteiger partial charge in [0.2, 0.25) is 0 Å². The van der Waals surface area contributed by atoms with Crippen molar-refractivity contribution in [2.45, 2.75) is 23.0 Å². The Bertz CT molecular complexity index is 952. The Morgan fingerprint density at radius 3 is 1.97 bits per heavy atom. The number of benzene rings is 3. The van der Waals surface area contributed by atoms with Crippen LogP contribution < -0.4 is 9.80 Å². The van der Waals surface area contributed by atoms with Gasteiger partial charge in [0, 0.05) is 58.9 Å². The van der Waals surface area contributed by atoms with Crippen molar-refractivity contribution in [3.8, 4) is 0 Å². The van der Waals surface area contributed by atoms with Crippen molar-refractivity contribution in [1.29, 1.82) is 5.41 Å². The summed E-state index contributed by atoms with van der Waals surface area (Å²) in [5, 5.41) is 8.77. The molecule has 1 saturated heterocycles. The summed E-state index contributed by atoms with van der Waals surface area (Å²) in [7, 11) is 0. The third-order valence-electron chi connectivity index (χ3n) is 5.71. The van der Waals surface area contributed by atoms with Crippen molar-refractivity contribution in [2.75, 3.05) is 36.0 Å². The highest BCUT2D eigenvalue weighted by molar-refractivity contribution is 8.00. The second-order valence-electron chi connectivity index (χ2n) is 7.79. The Morgan fingerprint density at radius 1 is 0.806 bits per heavy atom. The Labute approximate surface area is 194 Å². The van der Waals surface area contributed by atoms with Crippen molar-refractivity contribution in [2.24, 2.45) is 0 Å². The summed E-state index contributed by atoms with van der Waals surface area (Å²) in [5.74, 6) is 0. The second-order valence-corrected chi connectivity index (χ2v) is 9.54. The molecule has 1 fully saturated rings. The number of thioether (sulfide) groups is 1. The molecule has 160 valence electrons. The molecule has 31 heavy (non-hydrogen) atoms. The third-order valence-corrected chi connectivity index (χ3v) is 7.18. The lowest BCUT2D eigenvalue weighted by atomic mass is 10.1. The summed E-state index contributed by atoms with van der Waals surface area (Å²) in [6, 6.07) is 27.5. The number of para-hydroxylation sites is 1. The molecule has 0 radical (unpaired) electrons. The molecule has 5 heteroatoms. The zero-order valence-electron chi connectivity index (χ0n) is 17.6. The first-order valence-corrected chi connectivity index (χ1v) is 12.0. The summed E-state index contributed by atoms with van der Waals surface area (Å²) >= 11 is 7.74. The Morgan fingerprint density at radius 2 is 1.39 bits per heavy atom. The van der Waals surface area contributed by atoms with Gasteiger partial charge in [-0.15, -0.1) is 11.8 Å². The first kappa shape index (κ1) is 21.8. The number of hydrogen-bond donors (Lipinski definition) is 1. The van der Waals surface area contributed by atoms with Crippen LogP contribution in [0.1, 0.15) is 12.0 Å². The molecular weight excluding hydrogens is 422 g/mol. The molecule has 0 saturated carbocycles. The van der Waals surface area contributed by atoms with Gasteiger partial charge < -0.3 is 15.2 Å². The maximum atomic E-state index is 7.82. The predicted octanol–water partition coefficient (Wildman–Crippen LogP) is 6.41. The van der Waals surface area contributed by atoms with Crippen molar-refractivity contribution >= 4 is 41.0 Å². The fourth-order valence-electron chi connectivity index (χ4n) is 3.91. The zero-order chi connectivity index (χ0) is 21.5. The average Bonchev–Trinajstić information content (AvgIpc) is 2.84. The van der Waals surface area contributed by atoms with Crippen LogP contribution in [0.15, 0.2) is 83.8 Å². The van der Waals surface area contributed by atoms with Gasteiger partial charge in [0.1, 0.15) is 0 Å². The van der Waals surface area contributed by atoms with E-state index in [9.17, 15) is 0 Å². The van der Waals surface area contributed by atoms with E-state index in [1.165, 1.54) is 21.8 Å². The van der Waals surface area contributed by atoms with E-state index < -0.39 is 0 Å². The lowest BCUT2D eigenvalue weighted by Gasteiger charge is -2.37. The van der Waals surface area contributed by atoms with Gasteiger partial charge in [0.25, 0.3) is 0 Å². The monoisotopic (exact) mass is 449 g/mol. The van der Waals surface area contributed by atoms with Gasteiger partial charge in [-0.3, -0.25) is 0 Å². The van der Waals surface area contributed by atoms with Crippen LogP contribution in [-0.2, 0) is 6.42 Å². The molecule has 3 aromatic rings. The normalized spacial score (nSPS) is 15.0. The molecule has 0 aliphatic carbocycles. The van der Waals surface area contributed by atoms with Crippen LogP contribution in [0, 0.1) is 5.41 Å². The average molecular weight is 450 g/mol. The van der Waals surface area contributed by atoms with Crippen LogP contribution in [0.25, 0.3) is 0 Å². The van der Waals surface area contributed by atoms with Crippen molar-refractivity contribution in [3.05, 3.63) is 89.4 Å². The van der Waals surface area contributed by atoms with Gasteiger partial charge in [-0.2, -0.15) is 0 Å². The van der Waals surface area contributed by atoms with Crippen LogP contribution >= 0.6 is 23.4 Å². The molecule has 1 heterocycles. The number of nitrogens with zero attached hydrogens (tertiary/aromatic N) is 2. The minimum Gasteiger partial charge on any atom is -0.368 e. The van der Waals surface area contributed by atoms with E-state index in [0.717, 1.165) is 44.0 Å². The fraction of sp³-hybridized carbons (Fsp3) is 0.269. The van der Waals surface area contributed by atoms with E-state index in [0.29, 0.717) is 0 Å². The number of piperazine rings is 1. The van der Waals surface area contributed by atoms with Crippen LogP contribution in [-0.4, -0.2) is 37.6 Å². The Balaban J connectivity index is 1.28. The van der Waals surface area contributed by atoms with E-state index in [4.69, 9.17) is 17.0 Å². The third kappa shape index (κ3) is 6.05. The highest BCUT2D eigenvalue weighted by Gasteiger charge is 2.17. The highest BCUT2D eigenvalue weighted by Crippen LogP contribution is 2.28. The van der Waals surface area contributed by atoms with E-state index in [1.54, 1.807) is 18.0 Å². The molecule has 4 rings (SSSR count). The topological polar surface area (TPSA) is 30.3 Å². The van der Waals surface area contributed by atoms with Gasteiger partial charge in [-0.25, -0.2) is 0 Å². The van der Waals surface area contributed by atoms with Crippen LogP contribution in [0.4, 0.5) is 11.4 Å². The lowest BCUT2D eigenvalue weighted by molar-refractivity contribution is 0.653. The molecule has 1 aliphatic rings. The van der Waals surface area contributed by atoms with E-state index in [2.05, 4.69) is 76.5 Å². The SMILES string of the molecule is N=CC(CCc1ccc(Cl)cc1)Sc1ccc(N2CCN(c3ccccc3)CC2)cc1. The number of nitrogens with one attached hydrogen (secondary N) is 1. The largest absolute Gasteiger partial charge is 0.368 e. The van der Waals surface area contributed by atoms with Gasteiger partial charge in [0.05, 0.1) is 0 Å². The maximum absolute atomic E-state index is 7.82. The fourth-order valence-corrected chi connectivity index (χ4v) is 4.98. The molecule has 1 aliphatic heterocycles. The Kier molecular flexibility index (Phi) is 7.55. The molecule has 1 unspecified atom stereocenters. The first-order chi connectivity index (χ1) is 15.2. The molecular formula is C26H28ClN3S. The number of aryl methyl sites for hydroxylation is 1. The summed E-state index contributed by atoms with van der Waals surface area (Å²) < 4.78 is 0. The van der Waals surface area contributed by atoms with Crippen LogP contribution in [0.5, 0.6) is 0 Å². The standard InChI is InChI=1S/C26H28ClN3S/c27-22-9-6-21(7-10-22)8-13-26(20-28)31-25-14-11-24(12-15-25)30-18-16-29(17-19-30)23-4-2-1-3-5-23/h1-7,9-12,14-15,20,26,28H,8,13,16-19H2. The van der Waals surface area contributed by atoms with Gasteiger partial charge in [-0.05, 0) is 66.9 Å². The van der Waals surface area contributed by atoms with Crippen molar-refractivity contribution in [1.82, 2.24) is 0 Å². The summed E-state index contributed by atoms with van der Waals surface area (Å²) in [4.78, 5) is 6.13. The molecule has 0 spiro atoms. The van der Waals surface area contributed by atoms with E-state index in [1.807, 2.05) is 12.1 Å². The first-order valence-electron chi connectivity index (χ1n) is 10.8. The summed E-state index contributed by atoms with van der Waals surface area (Å²) in [6.07, 6.45) is 3.46. The minimum atomic E-state index is 0.177. The molecule has 3 nitrogen and oxygen atoms in total. The molecule has 0 aromatic heterocycles. The maximum Gasteiger partial charge on any atom is 0.0444 e. The van der Waals surface area contributed by atoms with Crippen LogP contribution in [0.3, 0.4) is 0 Å². The highest BCUT2D eigenvalue weighted by atomic mass is 35.5. The van der Waals surface area contributed by atoms with Gasteiger partial charge in [-0.1, -0.05) is 41.9 Å². The molecule has 1 N–H and O–H groups in total. The molecule has 1 atom stereocenters. The predicted molar refractivity (Wildman–Crippen MR) is 136 cm³/mol. The quantitative estimate of drug-likeness (QED) is 0.318. The molecule has 3 aromatic carbocycles. The molecule has 0 bridgehead atoms. The second kappa shape index (κ2) is 10.7. The Hall–Kier alpha value is -2.43. The number of anilines is 2. The van der Waals surface area contributed by atoms with Crippen LogP contribution in [0.2, 0.25) is 5.02 Å². The van der Waals surface area contributed by atoms with E-state index >= 15 is 0 Å². The smallest absolute Gasteiger partial charge is 0.0444 e. The minimum absolute atomic E-state index is 0.177. The van der Waals surface area contributed by atoms with Gasteiger partial charge >= 0.3 is 0 Å². The molecule has 0 amide bonds. The number of rotatable bonds is 8. The van der Waals surface area contributed by atoms with Crippen molar-refractivity contribution in [3.63, 3.8) is 0 Å². The number of halogens is 1. The van der Waals surface area contributed by atoms with Crippen molar-refractivity contribution < 1.29 is 0 Å². The van der Waals surface area contributed by atoms with Gasteiger partial charge in [0.15, 0.2) is 0 Å². The lowest BCUT2D eigenvalue weighted by Crippen LogP contribution is -2.46.